The molecule has 0 bridgehead atoms. The highest BCUT2D eigenvalue weighted by atomic mass is 35.5. The van der Waals surface area contributed by atoms with Gasteiger partial charge in [-0.15, -0.1) is 11.8 Å². The summed E-state index contributed by atoms with van der Waals surface area (Å²) in [5, 5.41) is 10.1. The minimum Gasteiger partial charge on any atom is -0.393 e. The number of halogens is 1. The second kappa shape index (κ2) is 6.45. The summed E-state index contributed by atoms with van der Waals surface area (Å²) in [6.45, 7) is 1.34. The van der Waals surface area contributed by atoms with Gasteiger partial charge in [0, 0.05) is 23.0 Å². The molecular weight excluding hydrogens is 270 g/mol. The lowest BCUT2D eigenvalue weighted by Crippen LogP contribution is -2.40. The summed E-state index contributed by atoms with van der Waals surface area (Å²) >= 11 is 7.32. The van der Waals surface area contributed by atoms with Crippen molar-refractivity contribution in [1.82, 2.24) is 4.90 Å². The molecule has 0 aromatic heterocycles. The number of aliphatic hydroxyl groups is 1. The molecule has 0 spiro atoms. The predicted octanol–water partition coefficient (Wildman–Crippen LogP) is 2.42. The highest BCUT2D eigenvalue weighted by Crippen LogP contribution is 2.21. The van der Waals surface area contributed by atoms with Crippen molar-refractivity contribution >= 4 is 29.3 Å². The van der Waals surface area contributed by atoms with Crippen molar-refractivity contribution in [2.75, 3.05) is 18.8 Å². The van der Waals surface area contributed by atoms with Crippen LogP contribution in [0.2, 0.25) is 5.02 Å². The molecule has 1 aromatic carbocycles. The lowest BCUT2D eigenvalue weighted by atomic mass is 10.1. The molecule has 0 atom stereocenters. The Morgan fingerprint density at radius 2 is 1.94 bits per heavy atom. The van der Waals surface area contributed by atoms with Crippen molar-refractivity contribution in [2.45, 2.75) is 23.8 Å². The fourth-order valence-electron chi connectivity index (χ4n) is 1.88. The van der Waals surface area contributed by atoms with Crippen LogP contribution in [0.4, 0.5) is 0 Å². The van der Waals surface area contributed by atoms with E-state index in [-0.39, 0.29) is 12.0 Å². The fourth-order valence-corrected chi connectivity index (χ4v) is 2.81. The Kier molecular flexibility index (Phi) is 4.92. The van der Waals surface area contributed by atoms with Gasteiger partial charge in [-0.1, -0.05) is 11.6 Å². The fraction of sp³-hybridized carbons (Fsp3) is 0.462. The lowest BCUT2D eigenvalue weighted by molar-refractivity contribution is -0.130. The Morgan fingerprint density at radius 1 is 1.33 bits per heavy atom. The van der Waals surface area contributed by atoms with Crippen LogP contribution in [-0.2, 0) is 4.79 Å². The summed E-state index contributed by atoms with van der Waals surface area (Å²) in [6, 6.07) is 7.48. The number of amides is 1. The number of carbonyl (C=O) groups excluding carboxylic acids is 1. The number of thioether (sulfide) groups is 1. The third kappa shape index (κ3) is 3.90. The third-order valence-electron chi connectivity index (χ3n) is 2.99. The second-order valence-corrected chi connectivity index (χ2v) is 5.84. The van der Waals surface area contributed by atoms with Gasteiger partial charge in [0.05, 0.1) is 11.9 Å². The van der Waals surface area contributed by atoms with E-state index >= 15 is 0 Å². The topological polar surface area (TPSA) is 40.5 Å². The SMILES string of the molecule is O=C(CSc1ccc(Cl)cc1)N1CCC(O)CC1. The predicted molar refractivity (Wildman–Crippen MR) is 74.0 cm³/mol. The molecule has 1 aliphatic heterocycles. The zero-order chi connectivity index (χ0) is 13.0. The van der Waals surface area contributed by atoms with Crippen LogP contribution in [0.1, 0.15) is 12.8 Å². The van der Waals surface area contributed by atoms with Crippen LogP contribution in [0.15, 0.2) is 29.2 Å². The van der Waals surface area contributed by atoms with Gasteiger partial charge in [0.2, 0.25) is 5.91 Å². The molecule has 0 aliphatic carbocycles. The first-order chi connectivity index (χ1) is 8.65. The number of hydrogen-bond acceptors (Lipinski definition) is 3. The van der Waals surface area contributed by atoms with Crippen molar-refractivity contribution in [3.05, 3.63) is 29.3 Å². The van der Waals surface area contributed by atoms with Gasteiger partial charge in [-0.2, -0.15) is 0 Å². The van der Waals surface area contributed by atoms with Gasteiger partial charge >= 0.3 is 0 Å². The van der Waals surface area contributed by atoms with E-state index in [1.54, 1.807) is 0 Å². The number of carbonyl (C=O) groups is 1. The standard InChI is InChI=1S/C13H16ClNO2S/c14-10-1-3-12(4-2-10)18-9-13(17)15-7-5-11(16)6-8-15/h1-4,11,16H,5-9H2. The number of piperidine rings is 1. The molecule has 3 nitrogen and oxygen atoms in total. The normalized spacial score (nSPS) is 16.9. The van der Waals surface area contributed by atoms with Gasteiger partial charge in [-0.05, 0) is 37.1 Å². The van der Waals surface area contributed by atoms with Gasteiger partial charge in [0.25, 0.3) is 0 Å². The molecule has 1 aromatic rings. The van der Waals surface area contributed by atoms with Crippen molar-refractivity contribution in [1.29, 1.82) is 0 Å². The van der Waals surface area contributed by atoms with E-state index in [0.29, 0.717) is 36.7 Å². The third-order valence-corrected chi connectivity index (χ3v) is 4.24. The molecule has 98 valence electrons. The average molecular weight is 286 g/mol. The molecule has 2 rings (SSSR count). The van der Waals surface area contributed by atoms with Crippen molar-refractivity contribution in [3.63, 3.8) is 0 Å². The van der Waals surface area contributed by atoms with Crippen LogP contribution in [0.5, 0.6) is 0 Å². The summed E-state index contributed by atoms with van der Waals surface area (Å²) in [5.41, 5.74) is 0. The summed E-state index contributed by atoms with van der Waals surface area (Å²) in [4.78, 5) is 14.8. The number of rotatable bonds is 3. The first-order valence-corrected chi connectivity index (χ1v) is 7.36. The Balaban J connectivity index is 1.79. The molecule has 1 amide bonds. The molecule has 1 aliphatic rings. The maximum absolute atomic E-state index is 11.9. The zero-order valence-corrected chi connectivity index (χ0v) is 11.6. The quantitative estimate of drug-likeness (QED) is 0.867. The van der Waals surface area contributed by atoms with Gasteiger partial charge in [0.15, 0.2) is 0 Å². The Hall–Kier alpha value is -0.710. The molecule has 1 saturated heterocycles. The number of aliphatic hydroxyl groups excluding tert-OH is 1. The van der Waals surface area contributed by atoms with E-state index in [9.17, 15) is 9.90 Å². The van der Waals surface area contributed by atoms with Crippen LogP contribution >= 0.6 is 23.4 Å². The molecule has 0 radical (unpaired) electrons. The van der Waals surface area contributed by atoms with Crippen molar-refractivity contribution in [3.8, 4) is 0 Å². The highest BCUT2D eigenvalue weighted by molar-refractivity contribution is 8.00. The maximum Gasteiger partial charge on any atom is 0.232 e. The average Bonchev–Trinajstić information content (AvgIpc) is 2.38. The van der Waals surface area contributed by atoms with E-state index in [0.717, 1.165) is 4.90 Å². The molecule has 18 heavy (non-hydrogen) atoms. The van der Waals surface area contributed by atoms with Gasteiger partial charge in [-0.3, -0.25) is 4.79 Å². The highest BCUT2D eigenvalue weighted by Gasteiger charge is 2.20. The van der Waals surface area contributed by atoms with E-state index in [1.165, 1.54) is 11.8 Å². The summed E-state index contributed by atoms with van der Waals surface area (Å²) < 4.78 is 0. The summed E-state index contributed by atoms with van der Waals surface area (Å²) in [7, 11) is 0. The van der Waals surface area contributed by atoms with Gasteiger partial charge in [-0.25, -0.2) is 0 Å². The van der Waals surface area contributed by atoms with Crippen LogP contribution in [-0.4, -0.2) is 40.9 Å². The van der Waals surface area contributed by atoms with E-state index in [1.807, 2.05) is 29.2 Å². The zero-order valence-electron chi connectivity index (χ0n) is 10.0. The number of likely N-dealkylation sites (tertiary alicyclic amines) is 1. The number of hydrogen-bond donors (Lipinski definition) is 1. The van der Waals surface area contributed by atoms with Crippen LogP contribution in [0.3, 0.4) is 0 Å². The minimum atomic E-state index is -0.238. The second-order valence-electron chi connectivity index (χ2n) is 4.35. The molecule has 0 saturated carbocycles. The van der Waals surface area contributed by atoms with Crippen molar-refractivity contribution in [2.24, 2.45) is 0 Å². The number of benzene rings is 1. The Bertz CT molecular complexity index is 402. The molecule has 1 heterocycles. The van der Waals surface area contributed by atoms with Crippen molar-refractivity contribution < 1.29 is 9.90 Å². The van der Waals surface area contributed by atoms with Crippen LogP contribution in [0, 0.1) is 0 Å². The molecular formula is C13H16ClNO2S. The first kappa shape index (κ1) is 13.7. The van der Waals surface area contributed by atoms with E-state index in [2.05, 4.69) is 0 Å². The lowest BCUT2D eigenvalue weighted by Gasteiger charge is -2.29. The van der Waals surface area contributed by atoms with E-state index < -0.39 is 0 Å². The van der Waals surface area contributed by atoms with Gasteiger partial charge in [0.1, 0.15) is 0 Å². The molecule has 0 unspecified atom stereocenters. The molecule has 1 fully saturated rings. The Labute approximate surface area is 116 Å². The first-order valence-electron chi connectivity index (χ1n) is 5.99. The summed E-state index contributed by atoms with van der Waals surface area (Å²) in [6.07, 6.45) is 1.15. The maximum atomic E-state index is 11.9. The Morgan fingerprint density at radius 3 is 2.56 bits per heavy atom. The largest absolute Gasteiger partial charge is 0.393 e. The monoisotopic (exact) mass is 285 g/mol. The van der Waals surface area contributed by atoms with Crippen LogP contribution in [0.25, 0.3) is 0 Å². The van der Waals surface area contributed by atoms with E-state index in [4.69, 9.17) is 11.6 Å². The van der Waals surface area contributed by atoms with Gasteiger partial charge < -0.3 is 10.0 Å². The molecule has 1 N–H and O–H groups in total. The smallest absolute Gasteiger partial charge is 0.232 e. The summed E-state index contributed by atoms with van der Waals surface area (Å²) in [5.74, 6) is 0.583. The minimum absolute atomic E-state index is 0.141. The molecule has 5 heteroatoms. The van der Waals surface area contributed by atoms with Crippen LogP contribution < -0.4 is 0 Å². The number of nitrogens with zero attached hydrogens (tertiary/aromatic N) is 1.